The van der Waals surface area contributed by atoms with Gasteiger partial charge in [-0.1, -0.05) is 37.1 Å². The van der Waals surface area contributed by atoms with E-state index < -0.39 is 65.1 Å². The molecule has 1 saturated carbocycles. The minimum absolute atomic E-state index is 0.0311. The summed E-state index contributed by atoms with van der Waals surface area (Å²) < 4.78 is 25.7. The van der Waals surface area contributed by atoms with Crippen molar-refractivity contribution in [3.8, 4) is 0 Å². The lowest BCUT2D eigenvalue weighted by molar-refractivity contribution is -0.141. The summed E-state index contributed by atoms with van der Waals surface area (Å²) in [6.45, 7) is 5.21. The van der Waals surface area contributed by atoms with E-state index in [9.17, 15) is 28.4 Å². The number of benzene rings is 1. The van der Waals surface area contributed by atoms with Gasteiger partial charge in [0.15, 0.2) is 5.11 Å². The first kappa shape index (κ1) is 37.0. The van der Waals surface area contributed by atoms with Gasteiger partial charge in [-0.2, -0.15) is 0 Å². The average molecular weight is 715 g/mol. The molecular weight excluding hydrogens is 667 g/mol. The summed E-state index contributed by atoms with van der Waals surface area (Å²) in [5, 5.41) is 8.54. The van der Waals surface area contributed by atoms with Crippen molar-refractivity contribution in [2.75, 3.05) is 20.6 Å². The number of rotatable bonds is 3. The van der Waals surface area contributed by atoms with Gasteiger partial charge in [0, 0.05) is 38.5 Å². The molecule has 272 valence electrons. The lowest BCUT2D eigenvalue weighted by Gasteiger charge is -2.30. The van der Waals surface area contributed by atoms with E-state index in [1.807, 2.05) is 12.2 Å². The standard InChI is InChI=1S/C35H47FN6O7S/c1-34(2,3)49-32(46)37-26-15-10-8-6-7-9-13-22-17-35(22,30(45)38-31(50)40(4)5)39-28(43)27-16-23(19-42(27)29(26)44)48-33(47)41-18-21-12-11-14-25(36)24(21)20-41/h9,11-14,22-23,26-27H,6-8,10,15-20H2,1-5H3,(H,37,46)(H,39,43)(H,38,45,50)/b13-9-/t22-,23+,26-,27-,35+/m0/s1. The minimum atomic E-state index is -1.29. The molecule has 5 rings (SSSR count). The highest BCUT2D eigenvalue weighted by molar-refractivity contribution is 7.80. The molecule has 3 heterocycles. The first-order chi connectivity index (χ1) is 23.6. The number of alkyl carbamates (subject to hydrolysis) is 1. The Labute approximate surface area is 297 Å². The Morgan fingerprint density at radius 1 is 1.12 bits per heavy atom. The van der Waals surface area contributed by atoms with Gasteiger partial charge in [0.2, 0.25) is 11.8 Å². The molecule has 1 aromatic carbocycles. The molecule has 5 atom stereocenters. The van der Waals surface area contributed by atoms with Crippen molar-refractivity contribution in [2.45, 2.75) is 108 Å². The van der Waals surface area contributed by atoms with Crippen LogP contribution in [0, 0.1) is 11.7 Å². The van der Waals surface area contributed by atoms with Gasteiger partial charge in [-0.05, 0) is 70.3 Å². The molecule has 15 heteroatoms. The van der Waals surface area contributed by atoms with Crippen molar-refractivity contribution in [1.29, 1.82) is 0 Å². The Morgan fingerprint density at radius 3 is 2.58 bits per heavy atom. The zero-order chi connectivity index (χ0) is 36.4. The van der Waals surface area contributed by atoms with Gasteiger partial charge in [-0.15, -0.1) is 0 Å². The number of amides is 5. The van der Waals surface area contributed by atoms with Crippen LogP contribution in [0.2, 0.25) is 0 Å². The largest absolute Gasteiger partial charge is 0.444 e. The number of carbonyl (C=O) groups is 5. The quantitative estimate of drug-likeness (QED) is 0.316. The van der Waals surface area contributed by atoms with Crippen molar-refractivity contribution >= 4 is 47.2 Å². The molecular formula is C35H47FN6O7S. The second-order valence-electron chi connectivity index (χ2n) is 14.7. The number of halogens is 1. The third-order valence-corrected chi connectivity index (χ3v) is 9.88. The normalized spacial score (nSPS) is 27.3. The molecule has 0 radical (unpaired) electrons. The summed E-state index contributed by atoms with van der Waals surface area (Å²) in [7, 11) is 3.39. The van der Waals surface area contributed by atoms with E-state index >= 15 is 0 Å². The van der Waals surface area contributed by atoms with Crippen LogP contribution in [-0.2, 0) is 36.9 Å². The average Bonchev–Trinajstić information content (AvgIpc) is 3.33. The predicted octanol–water partition coefficient (Wildman–Crippen LogP) is 3.50. The van der Waals surface area contributed by atoms with E-state index in [0.717, 1.165) is 19.3 Å². The number of hydrogen-bond acceptors (Lipinski definition) is 8. The summed E-state index contributed by atoms with van der Waals surface area (Å²) in [6, 6.07) is 2.52. The second-order valence-corrected chi connectivity index (χ2v) is 15.1. The van der Waals surface area contributed by atoms with E-state index in [0.29, 0.717) is 30.4 Å². The van der Waals surface area contributed by atoms with Gasteiger partial charge in [0.25, 0.3) is 5.91 Å². The highest BCUT2D eigenvalue weighted by atomic mass is 32.1. The topological polar surface area (TPSA) is 150 Å². The van der Waals surface area contributed by atoms with E-state index in [4.69, 9.17) is 21.7 Å². The molecule has 1 saturated heterocycles. The summed E-state index contributed by atoms with van der Waals surface area (Å²) in [5.74, 6) is -2.29. The van der Waals surface area contributed by atoms with E-state index in [1.54, 1.807) is 51.9 Å². The number of ether oxygens (including phenoxy) is 2. The summed E-state index contributed by atoms with van der Waals surface area (Å²) in [6.07, 6.45) is 5.11. The maximum atomic E-state index is 14.4. The van der Waals surface area contributed by atoms with Crippen LogP contribution >= 0.6 is 12.2 Å². The molecule has 50 heavy (non-hydrogen) atoms. The van der Waals surface area contributed by atoms with Crippen LogP contribution in [0.5, 0.6) is 0 Å². The fourth-order valence-corrected chi connectivity index (χ4v) is 6.76. The molecule has 1 aliphatic carbocycles. The van der Waals surface area contributed by atoms with Gasteiger partial charge in [0.05, 0.1) is 13.1 Å². The van der Waals surface area contributed by atoms with Gasteiger partial charge in [-0.3, -0.25) is 19.3 Å². The molecule has 3 aliphatic heterocycles. The van der Waals surface area contributed by atoms with Crippen molar-refractivity contribution < 1.29 is 37.8 Å². The summed E-state index contributed by atoms with van der Waals surface area (Å²) in [4.78, 5) is 72.5. The lowest BCUT2D eigenvalue weighted by Crippen LogP contribution is -2.58. The molecule has 5 amide bonds. The van der Waals surface area contributed by atoms with Gasteiger partial charge in [-0.25, -0.2) is 14.0 Å². The second kappa shape index (κ2) is 14.9. The maximum Gasteiger partial charge on any atom is 0.410 e. The fraction of sp³-hybridized carbons (Fsp3) is 0.600. The van der Waals surface area contributed by atoms with Gasteiger partial charge >= 0.3 is 12.2 Å². The van der Waals surface area contributed by atoms with Crippen LogP contribution in [0.1, 0.15) is 76.8 Å². The SMILES string of the molecule is CN(C)C(=S)NC(=O)[C@@]12C[C@@H]1/C=C\CCCCC[C@H](NC(=O)OC(C)(C)C)C(=O)N1C[C@H](OC(=O)N3Cc4cccc(F)c4C3)C[C@H]1C(=O)N2. The molecule has 0 aromatic heterocycles. The highest BCUT2D eigenvalue weighted by Gasteiger charge is 2.61. The third kappa shape index (κ3) is 8.53. The van der Waals surface area contributed by atoms with Gasteiger partial charge < -0.3 is 35.2 Å². The number of thiocarbonyl (C=S) groups is 1. The van der Waals surface area contributed by atoms with Crippen LogP contribution in [0.4, 0.5) is 14.0 Å². The molecule has 0 bridgehead atoms. The van der Waals surface area contributed by atoms with E-state index in [1.165, 1.54) is 15.9 Å². The minimum Gasteiger partial charge on any atom is -0.444 e. The van der Waals surface area contributed by atoms with Crippen LogP contribution in [-0.4, -0.2) is 99.7 Å². The highest BCUT2D eigenvalue weighted by Crippen LogP contribution is 2.45. The lowest BCUT2D eigenvalue weighted by atomic mass is 10.0. The van der Waals surface area contributed by atoms with Crippen molar-refractivity contribution in [3.63, 3.8) is 0 Å². The van der Waals surface area contributed by atoms with Crippen molar-refractivity contribution in [1.82, 2.24) is 30.7 Å². The molecule has 1 aromatic rings. The number of hydrogen-bond donors (Lipinski definition) is 3. The molecule has 4 aliphatic rings. The Balaban J connectivity index is 1.40. The van der Waals surface area contributed by atoms with Crippen LogP contribution in [0.3, 0.4) is 0 Å². The molecule has 0 unspecified atom stereocenters. The zero-order valence-electron chi connectivity index (χ0n) is 29.3. The Morgan fingerprint density at radius 2 is 1.88 bits per heavy atom. The Bertz CT molecular complexity index is 1560. The summed E-state index contributed by atoms with van der Waals surface area (Å²) >= 11 is 5.31. The maximum absolute atomic E-state index is 14.4. The number of carbonyl (C=O) groups excluding carboxylic acids is 5. The number of allylic oxidation sites excluding steroid dienone is 1. The van der Waals surface area contributed by atoms with E-state index in [-0.39, 0.29) is 37.1 Å². The number of nitrogens with zero attached hydrogens (tertiary/aromatic N) is 3. The number of fused-ring (bicyclic) bond motifs is 3. The van der Waals surface area contributed by atoms with Gasteiger partial charge in [0.1, 0.15) is 35.1 Å². The first-order valence-electron chi connectivity index (χ1n) is 17.1. The molecule has 13 nitrogen and oxygen atoms in total. The predicted molar refractivity (Wildman–Crippen MR) is 185 cm³/mol. The number of nitrogens with one attached hydrogen (secondary N) is 3. The smallest absolute Gasteiger partial charge is 0.410 e. The fourth-order valence-electron chi connectivity index (χ4n) is 6.66. The van der Waals surface area contributed by atoms with Crippen LogP contribution in [0.15, 0.2) is 30.4 Å². The van der Waals surface area contributed by atoms with Crippen LogP contribution < -0.4 is 16.0 Å². The Kier molecular flexibility index (Phi) is 11.0. The Hall–Kier alpha value is -4.27. The van der Waals surface area contributed by atoms with Crippen LogP contribution in [0.25, 0.3) is 0 Å². The van der Waals surface area contributed by atoms with Crippen molar-refractivity contribution in [3.05, 3.63) is 47.3 Å². The summed E-state index contributed by atoms with van der Waals surface area (Å²) in [5.41, 5.74) is -1.01. The first-order valence-corrected chi connectivity index (χ1v) is 17.5. The zero-order valence-corrected chi connectivity index (χ0v) is 30.1. The molecule has 2 fully saturated rings. The third-order valence-electron chi connectivity index (χ3n) is 9.41. The molecule has 3 N–H and O–H groups in total. The van der Waals surface area contributed by atoms with Crippen molar-refractivity contribution in [2.24, 2.45) is 5.92 Å². The molecule has 0 spiro atoms. The van der Waals surface area contributed by atoms with E-state index in [2.05, 4.69) is 16.0 Å². The monoisotopic (exact) mass is 714 g/mol.